The van der Waals surface area contributed by atoms with Crippen LogP contribution in [-0.2, 0) is 13.1 Å². The monoisotopic (exact) mass is 587 g/mol. The summed E-state index contributed by atoms with van der Waals surface area (Å²) in [7, 11) is 0. The quantitative estimate of drug-likeness (QED) is 0.237. The topological polar surface area (TPSA) is 151 Å². The summed E-state index contributed by atoms with van der Waals surface area (Å²) in [5.74, 6) is -0.610. The van der Waals surface area contributed by atoms with Crippen LogP contribution in [0.25, 0.3) is 22.4 Å². The van der Waals surface area contributed by atoms with Gasteiger partial charge in [0.2, 0.25) is 5.78 Å². The minimum absolute atomic E-state index is 0.0917. The van der Waals surface area contributed by atoms with Crippen LogP contribution in [0.4, 0.5) is 5.82 Å². The molecule has 6 aromatic heterocycles. The molecule has 0 aliphatic rings. The number of carbonyl (C=O) groups is 2. The van der Waals surface area contributed by atoms with Crippen molar-refractivity contribution in [1.29, 1.82) is 0 Å². The maximum atomic E-state index is 13.7. The third-order valence-electron chi connectivity index (χ3n) is 6.04. The molecule has 0 aliphatic heterocycles. The van der Waals surface area contributed by atoms with Crippen LogP contribution in [-0.4, -0.2) is 41.2 Å². The van der Waals surface area contributed by atoms with E-state index in [1.165, 1.54) is 34.6 Å². The molecular formula is C27H18ClN7O5S. The largest absolute Gasteiger partial charge is 0.451 e. The fraction of sp³-hybridized carbons (Fsp3) is 0.0741. The third-order valence-corrected chi connectivity index (χ3v) is 7.27. The van der Waals surface area contributed by atoms with Crippen molar-refractivity contribution in [3.8, 4) is 22.4 Å². The van der Waals surface area contributed by atoms with Gasteiger partial charge in [-0.25, -0.2) is 4.98 Å². The molecule has 14 heteroatoms. The second kappa shape index (κ2) is 11.2. The van der Waals surface area contributed by atoms with Gasteiger partial charge in [-0.2, -0.15) is 9.78 Å². The zero-order chi connectivity index (χ0) is 28.3. The number of hydrogen-bond acceptors (Lipinski definition) is 11. The van der Waals surface area contributed by atoms with Crippen LogP contribution in [0.2, 0.25) is 4.34 Å². The van der Waals surface area contributed by atoms with Gasteiger partial charge in [-0.05, 0) is 24.3 Å². The Balaban J connectivity index is 1.45. The minimum Gasteiger partial charge on any atom is -0.451 e. The highest BCUT2D eigenvalue weighted by Crippen LogP contribution is 2.27. The molecule has 0 saturated heterocycles. The SMILES string of the molecule is O=C(Cn1cc(-c2cccnc2)cc(-c2cc(NCc3ccc(Cl)s3)n(C(=O)c3cnoc3)n2)c1=O)c1cocn1. The highest BCUT2D eigenvalue weighted by atomic mass is 35.5. The zero-order valence-corrected chi connectivity index (χ0v) is 22.5. The molecule has 6 rings (SSSR count). The maximum absolute atomic E-state index is 13.7. The van der Waals surface area contributed by atoms with Gasteiger partial charge in [-0.15, -0.1) is 11.3 Å². The molecule has 0 unspecified atom stereocenters. The number of halogens is 1. The summed E-state index contributed by atoms with van der Waals surface area (Å²) < 4.78 is 12.8. The predicted octanol–water partition coefficient (Wildman–Crippen LogP) is 4.65. The molecule has 0 bridgehead atoms. The van der Waals surface area contributed by atoms with E-state index >= 15 is 0 Å². The van der Waals surface area contributed by atoms with E-state index in [4.69, 9.17) is 20.5 Å². The molecule has 0 aromatic carbocycles. The van der Waals surface area contributed by atoms with Crippen molar-refractivity contribution in [2.75, 3.05) is 5.32 Å². The fourth-order valence-corrected chi connectivity index (χ4v) is 5.09. The van der Waals surface area contributed by atoms with E-state index in [1.54, 1.807) is 42.9 Å². The third kappa shape index (κ3) is 5.48. The number of oxazole rings is 1. The molecule has 1 N–H and O–H groups in total. The molecule has 0 saturated carbocycles. The van der Waals surface area contributed by atoms with Gasteiger partial charge in [0.1, 0.15) is 35.3 Å². The molecule has 6 aromatic rings. The lowest BCUT2D eigenvalue weighted by molar-refractivity contribution is 0.0944. The first-order chi connectivity index (χ1) is 20.0. The van der Waals surface area contributed by atoms with Crippen LogP contribution in [0.15, 0.2) is 93.8 Å². The highest BCUT2D eigenvalue weighted by molar-refractivity contribution is 7.16. The first-order valence-corrected chi connectivity index (χ1v) is 13.2. The summed E-state index contributed by atoms with van der Waals surface area (Å²) in [4.78, 5) is 48.8. The van der Waals surface area contributed by atoms with E-state index in [2.05, 4.69) is 25.5 Å². The molecular weight excluding hydrogens is 570 g/mol. The van der Waals surface area contributed by atoms with E-state index in [9.17, 15) is 14.4 Å². The van der Waals surface area contributed by atoms with Crippen LogP contribution in [0.1, 0.15) is 25.7 Å². The molecule has 41 heavy (non-hydrogen) atoms. The lowest BCUT2D eigenvalue weighted by Gasteiger charge is -2.10. The van der Waals surface area contributed by atoms with Crippen molar-refractivity contribution in [2.24, 2.45) is 0 Å². The van der Waals surface area contributed by atoms with Crippen molar-refractivity contribution < 1.29 is 18.5 Å². The number of hydrogen-bond donors (Lipinski definition) is 1. The Kier molecular flexibility index (Phi) is 7.10. The van der Waals surface area contributed by atoms with E-state index in [0.717, 1.165) is 16.0 Å². The predicted molar refractivity (Wildman–Crippen MR) is 149 cm³/mol. The van der Waals surface area contributed by atoms with E-state index in [-0.39, 0.29) is 29.1 Å². The lowest BCUT2D eigenvalue weighted by Crippen LogP contribution is -2.26. The Morgan fingerprint density at radius 2 is 2.00 bits per heavy atom. The van der Waals surface area contributed by atoms with Crippen LogP contribution >= 0.6 is 22.9 Å². The highest BCUT2D eigenvalue weighted by Gasteiger charge is 2.22. The smallest absolute Gasteiger partial charge is 0.285 e. The Labute approximate surface area is 239 Å². The van der Waals surface area contributed by atoms with Crippen LogP contribution in [0.3, 0.4) is 0 Å². The second-order valence-electron chi connectivity index (χ2n) is 8.72. The van der Waals surface area contributed by atoms with Gasteiger partial charge < -0.3 is 18.8 Å². The van der Waals surface area contributed by atoms with E-state index in [1.807, 2.05) is 12.1 Å². The summed E-state index contributed by atoms with van der Waals surface area (Å²) in [6, 6.07) is 10.5. The number of rotatable bonds is 9. The molecule has 12 nitrogen and oxygen atoms in total. The van der Waals surface area contributed by atoms with Crippen molar-refractivity contribution in [2.45, 2.75) is 13.1 Å². The Hall–Kier alpha value is -5.14. The van der Waals surface area contributed by atoms with Crippen molar-refractivity contribution >= 4 is 40.4 Å². The fourth-order valence-electron chi connectivity index (χ4n) is 4.06. The number of pyridine rings is 2. The maximum Gasteiger partial charge on any atom is 0.285 e. The molecule has 0 aliphatic carbocycles. The number of ketones is 1. The van der Waals surface area contributed by atoms with Gasteiger partial charge in [0, 0.05) is 40.7 Å². The minimum atomic E-state index is -0.519. The number of nitrogens with one attached hydrogen (secondary N) is 1. The summed E-state index contributed by atoms with van der Waals surface area (Å²) >= 11 is 7.46. The van der Waals surface area contributed by atoms with Crippen molar-refractivity contribution in [1.82, 2.24) is 29.5 Å². The first kappa shape index (κ1) is 26.1. The number of thiophene rings is 1. The molecule has 6 heterocycles. The van der Waals surface area contributed by atoms with Gasteiger partial charge in [0.25, 0.3) is 11.5 Å². The summed E-state index contributed by atoms with van der Waals surface area (Å²) in [6.45, 7) is 0.0582. The molecule has 0 amide bonds. The molecule has 0 atom stereocenters. The normalized spacial score (nSPS) is 11.0. The van der Waals surface area contributed by atoms with Gasteiger partial charge in [-0.3, -0.25) is 19.4 Å². The van der Waals surface area contributed by atoms with Gasteiger partial charge >= 0.3 is 0 Å². The van der Waals surface area contributed by atoms with Gasteiger partial charge in [0.05, 0.1) is 29.2 Å². The zero-order valence-electron chi connectivity index (χ0n) is 20.9. The molecule has 0 fully saturated rings. The standard InChI is InChI=1S/C27H18ClN7O5S/c28-24-4-3-19(41-24)10-30-25-7-21(33-35(25)26(37)18-9-32-40-13-18)20-6-17(16-2-1-5-29-8-16)11-34(27(20)38)12-23(36)22-14-39-15-31-22/h1-9,11,13-15,30H,10,12H2. The summed E-state index contributed by atoms with van der Waals surface area (Å²) in [5, 5.41) is 11.3. The average molecular weight is 588 g/mol. The Morgan fingerprint density at radius 1 is 1.10 bits per heavy atom. The van der Waals surface area contributed by atoms with E-state index in [0.29, 0.717) is 27.8 Å². The molecule has 0 radical (unpaired) electrons. The number of anilines is 1. The van der Waals surface area contributed by atoms with Crippen molar-refractivity contribution in [3.63, 3.8) is 0 Å². The van der Waals surface area contributed by atoms with Gasteiger partial charge in [0.15, 0.2) is 6.39 Å². The van der Waals surface area contributed by atoms with Crippen LogP contribution in [0, 0.1) is 0 Å². The Morgan fingerprint density at radius 3 is 2.71 bits per heavy atom. The lowest BCUT2D eigenvalue weighted by atomic mass is 10.1. The summed E-state index contributed by atoms with van der Waals surface area (Å²) in [5.41, 5.74) is 1.47. The molecule has 0 spiro atoms. The Bertz CT molecular complexity index is 1890. The number of aromatic nitrogens is 6. The van der Waals surface area contributed by atoms with E-state index < -0.39 is 17.2 Å². The van der Waals surface area contributed by atoms with Gasteiger partial charge in [-0.1, -0.05) is 22.8 Å². The number of carbonyl (C=O) groups excluding carboxylic acids is 2. The second-order valence-corrected chi connectivity index (χ2v) is 10.5. The van der Waals surface area contributed by atoms with Crippen LogP contribution < -0.4 is 10.9 Å². The first-order valence-electron chi connectivity index (χ1n) is 12.0. The molecule has 204 valence electrons. The van der Waals surface area contributed by atoms with Crippen LogP contribution in [0.5, 0.6) is 0 Å². The summed E-state index contributed by atoms with van der Waals surface area (Å²) in [6.07, 6.45) is 9.68. The number of nitrogens with zero attached hydrogens (tertiary/aromatic N) is 6. The van der Waals surface area contributed by atoms with Crippen molar-refractivity contribution in [3.05, 3.63) is 111 Å². The number of Topliss-reactive ketones (excluding diaryl/α,β-unsaturated/α-hetero) is 1. The average Bonchev–Trinajstić information content (AvgIpc) is 3.81.